The summed E-state index contributed by atoms with van der Waals surface area (Å²) in [5.41, 5.74) is 3.42. The molecule has 5 rings (SSSR count). The van der Waals surface area contributed by atoms with Crippen molar-refractivity contribution in [1.29, 1.82) is 0 Å². The molecule has 0 radical (unpaired) electrons. The molecule has 0 N–H and O–H groups in total. The quantitative estimate of drug-likeness (QED) is 0.646. The number of benzene rings is 2. The SMILES string of the molecule is Cc1ccc2c(c1)[C@@H]1CN(C)CC[C@@H]1N2C(=O)COc1ccc(S(=O)(=O)N2CCOCC2)cc1. The number of hydrogen-bond acceptors (Lipinski definition) is 6. The zero-order chi connectivity index (χ0) is 23.9. The first kappa shape index (κ1) is 23.3. The first-order valence-corrected chi connectivity index (χ1v) is 13.2. The van der Waals surface area contributed by atoms with Crippen LogP contribution in [-0.2, 0) is 19.6 Å². The zero-order valence-electron chi connectivity index (χ0n) is 19.6. The van der Waals surface area contributed by atoms with E-state index in [9.17, 15) is 13.2 Å². The summed E-state index contributed by atoms with van der Waals surface area (Å²) < 4.78 is 38.1. The predicted molar refractivity (Wildman–Crippen MR) is 129 cm³/mol. The first-order chi connectivity index (χ1) is 16.3. The number of likely N-dealkylation sites (tertiary alicyclic amines) is 1. The highest BCUT2D eigenvalue weighted by Gasteiger charge is 2.43. The minimum Gasteiger partial charge on any atom is -0.484 e. The number of rotatable bonds is 5. The maximum atomic E-state index is 13.3. The summed E-state index contributed by atoms with van der Waals surface area (Å²) in [6.45, 7) is 5.39. The highest BCUT2D eigenvalue weighted by molar-refractivity contribution is 7.89. The van der Waals surface area contributed by atoms with Gasteiger partial charge in [0.05, 0.1) is 18.1 Å². The Morgan fingerprint density at radius 2 is 1.82 bits per heavy atom. The van der Waals surface area contributed by atoms with Crippen LogP contribution in [0.1, 0.15) is 23.5 Å². The third-order valence-corrected chi connectivity index (χ3v) is 8.93. The van der Waals surface area contributed by atoms with Crippen molar-refractivity contribution < 1.29 is 22.7 Å². The van der Waals surface area contributed by atoms with Gasteiger partial charge in [0.25, 0.3) is 5.91 Å². The molecule has 9 heteroatoms. The van der Waals surface area contributed by atoms with Crippen LogP contribution in [0.15, 0.2) is 47.4 Å². The molecule has 0 aliphatic carbocycles. The van der Waals surface area contributed by atoms with Gasteiger partial charge < -0.3 is 19.3 Å². The number of amides is 1. The van der Waals surface area contributed by atoms with Crippen LogP contribution in [0.3, 0.4) is 0 Å². The third-order valence-electron chi connectivity index (χ3n) is 7.02. The van der Waals surface area contributed by atoms with Gasteiger partial charge in [0, 0.05) is 37.3 Å². The van der Waals surface area contributed by atoms with E-state index in [0.29, 0.717) is 38.0 Å². The van der Waals surface area contributed by atoms with Crippen molar-refractivity contribution in [3.63, 3.8) is 0 Å². The molecule has 182 valence electrons. The van der Waals surface area contributed by atoms with Crippen LogP contribution in [0, 0.1) is 6.92 Å². The average Bonchev–Trinajstić information content (AvgIpc) is 3.16. The molecular formula is C25H31N3O5S. The van der Waals surface area contributed by atoms with E-state index in [-0.39, 0.29) is 23.5 Å². The molecule has 0 unspecified atom stereocenters. The fourth-order valence-corrected chi connectivity index (χ4v) is 6.67. The standard InChI is InChI=1S/C25H31N3O5S/c1-18-3-8-23-21(15-18)22-16-26(2)10-9-24(22)28(23)25(29)17-33-19-4-6-20(7-5-19)34(30,31)27-11-13-32-14-12-27/h3-8,15,22,24H,9-14,16-17H2,1-2H3/t22-,24-/m0/s1. The molecular weight excluding hydrogens is 454 g/mol. The van der Waals surface area contributed by atoms with Crippen LogP contribution in [0.2, 0.25) is 0 Å². The van der Waals surface area contributed by atoms with Crippen LogP contribution < -0.4 is 9.64 Å². The number of anilines is 1. The molecule has 2 fully saturated rings. The largest absolute Gasteiger partial charge is 0.484 e. The molecule has 0 saturated carbocycles. The molecule has 3 aliphatic rings. The lowest BCUT2D eigenvalue weighted by atomic mass is 9.89. The Balaban J connectivity index is 1.28. The molecule has 0 spiro atoms. The molecule has 2 atom stereocenters. The van der Waals surface area contributed by atoms with Gasteiger partial charge in [-0.25, -0.2) is 8.42 Å². The van der Waals surface area contributed by atoms with Gasteiger partial charge in [-0.2, -0.15) is 4.31 Å². The van der Waals surface area contributed by atoms with Crippen molar-refractivity contribution in [3.05, 3.63) is 53.6 Å². The second-order valence-corrected chi connectivity index (χ2v) is 11.3. The third kappa shape index (κ3) is 4.33. The van der Waals surface area contributed by atoms with Crippen molar-refractivity contribution in [2.45, 2.75) is 30.2 Å². The molecule has 2 aromatic rings. The summed E-state index contributed by atoms with van der Waals surface area (Å²) in [6.07, 6.45) is 0.925. The summed E-state index contributed by atoms with van der Waals surface area (Å²) in [4.78, 5) is 17.8. The van der Waals surface area contributed by atoms with Crippen molar-refractivity contribution in [2.75, 3.05) is 57.9 Å². The van der Waals surface area contributed by atoms with Gasteiger partial charge in [-0.3, -0.25) is 4.79 Å². The minimum atomic E-state index is -3.56. The van der Waals surface area contributed by atoms with E-state index in [2.05, 4.69) is 31.0 Å². The van der Waals surface area contributed by atoms with Crippen LogP contribution in [0.5, 0.6) is 5.75 Å². The van der Waals surface area contributed by atoms with Crippen LogP contribution in [-0.4, -0.2) is 82.6 Å². The van der Waals surface area contributed by atoms with E-state index in [1.54, 1.807) is 12.1 Å². The molecule has 2 aromatic carbocycles. The maximum absolute atomic E-state index is 13.3. The van der Waals surface area contributed by atoms with E-state index in [1.807, 2.05) is 11.0 Å². The van der Waals surface area contributed by atoms with Crippen molar-refractivity contribution in [1.82, 2.24) is 9.21 Å². The Labute approximate surface area is 201 Å². The lowest BCUT2D eigenvalue weighted by Gasteiger charge is -2.36. The minimum absolute atomic E-state index is 0.0767. The van der Waals surface area contributed by atoms with E-state index in [4.69, 9.17) is 9.47 Å². The number of piperidine rings is 1. The molecule has 0 aromatic heterocycles. The molecule has 1 amide bonds. The highest BCUT2D eigenvalue weighted by Crippen LogP contribution is 2.45. The Kier molecular flexibility index (Phi) is 6.37. The average molecular weight is 486 g/mol. The molecule has 3 heterocycles. The monoisotopic (exact) mass is 485 g/mol. The first-order valence-electron chi connectivity index (χ1n) is 11.8. The van der Waals surface area contributed by atoms with E-state index < -0.39 is 10.0 Å². The highest BCUT2D eigenvalue weighted by atomic mass is 32.2. The normalized spacial score (nSPS) is 23.4. The van der Waals surface area contributed by atoms with Gasteiger partial charge in [-0.05, 0) is 62.8 Å². The number of fused-ring (bicyclic) bond motifs is 3. The van der Waals surface area contributed by atoms with Crippen LogP contribution >= 0.6 is 0 Å². The molecule has 34 heavy (non-hydrogen) atoms. The number of morpholine rings is 1. The number of ether oxygens (including phenoxy) is 2. The number of hydrogen-bond donors (Lipinski definition) is 0. The molecule has 3 aliphatic heterocycles. The van der Waals surface area contributed by atoms with Gasteiger partial charge in [-0.1, -0.05) is 17.7 Å². The zero-order valence-corrected chi connectivity index (χ0v) is 20.5. The summed E-state index contributed by atoms with van der Waals surface area (Å²) >= 11 is 0. The predicted octanol–water partition coefficient (Wildman–Crippen LogP) is 2.23. The summed E-state index contributed by atoms with van der Waals surface area (Å²) in [5, 5.41) is 0. The second-order valence-electron chi connectivity index (χ2n) is 9.33. The number of carbonyl (C=O) groups is 1. The summed E-state index contributed by atoms with van der Waals surface area (Å²) in [5.74, 6) is 0.701. The molecule has 8 nitrogen and oxygen atoms in total. The van der Waals surface area contributed by atoms with Crippen molar-refractivity contribution in [3.8, 4) is 5.75 Å². The van der Waals surface area contributed by atoms with Crippen molar-refractivity contribution >= 4 is 21.6 Å². The Morgan fingerprint density at radius 1 is 1.09 bits per heavy atom. The van der Waals surface area contributed by atoms with Gasteiger partial charge >= 0.3 is 0 Å². The number of nitrogens with zero attached hydrogens (tertiary/aromatic N) is 3. The van der Waals surface area contributed by atoms with Gasteiger partial charge in [0.2, 0.25) is 10.0 Å². The van der Waals surface area contributed by atoms with Crippen LogP contribution in [0.25, 0.3) is 0 Å². The van der Waals surface area contributed by atoms with E-state index >= 15 is 0 Å². The fraction of sp³-hybridized carbons (Fsp3) is 0.480. The molecule has 0 bridgehead atoms. The lowest BCUT2D eigenvalue weighted by molar-refractivity contribution is -0.121. The Morgan fingerprint density at radius 3 is 2.56 bits per heavy atom. The number of sulfonamides is 1. The van der Waals surface area contributed by atoms with E-state index in [1.165, 1.54) is 27.6 Å². The van der Waals surface area contributed by atoms with Gasteiger partial charge in [0.15, 0.2) is 6.61 Å². The second kappa shape index (κ2) is 9.30. The summed E-state index contributed by atoms with van der Waals surface area (Å²) in [7, 11) is -1.43. The van der Waals surface area contributed by atoms with Crippen LogP contribution in [0.4, 0.5) is 5.69 Å². The number of likely N-dealkylation sites (N-methyl/N-ethyl adjacent to an activating group) is 1. The van der Waals surface area contributed by atoms with Crippen molar-refractivity contribution in [2.24, 2.45) is 0 Å². The fourth-order valence-electron chi connectivity index (χ4n) is 5.26. The van der Waals surface area contributed by atoms with Gasteiger partial charge in [-0.15, -0.1) is 0 Å². The Bertz CT molecular complexity index is 1160. The maximum Gasteiger partial charge on any atom is 0.265 e. The number of carbonyl (C=O) groups excluding carboxylic acids is 1. The smallest absolute Gasteiger partial charge is 0.265 e. The molecule has 2 saturated heterocycles. The van der Waals surface area contributed by atoms with E-state index in [0.717, 1.165) is 25.2 Å². The topological polar surface area (TPSA) is 79.4 Å². The van der Waals surface area contributed by atoms with Gasteiger partial charge in [0.1, 0.15) is 5.75 Å². The lowest BCUT2D eigenvalue weighted by Crippen LogP contribution is -2.48. The number of aryl methyl sites for hydroxylation is 1. The summed E-state index contributed by atoms with van der Waals surface area (Å²) in [6, 6.07) is 12.7. The Hall–Kier alpha value is -2.46.